The first-order chi connectivity index (χ1) is 15.4. The van der Waals surface area contributed by atoms with Crippen LogP contribution in [-0.4, -0.2) is 27.1 Å². The van der Waals surface area contributed by atoms with Gasteiger partial charge in [-0.3, -0.25) is 4.79 Å². The normalized spacial score (nSPS) is 10.8. The first kappa shape index (κ1) is 23.7. The molecule has 0 radical (unpaired) electrons. The molecule has 0 unspecified atom stereocenters. The number of allylic oxidation sites excluding steroid dienone is 1. The van der Waals surface area contributed by atoms with Crippen LogP contribution >= 0.6 is 27.5 Å². The molecule has 0 fully saturated rings. The number of hydrogen-bond donors (Lipinski definition) is 0. The molecule has 0 aliphatic carbocycles. The number of carbonyl (C=O) groups is 1. The highest BCUT2D eigenvalue weighted by molar-refractivity contribution is 9.10. The summed E-state index contributed by atoms with van der Waals surface area (Å²) in [5.41, 5.74) is 2.09. The smallest absolute Gasteiger partial charge is 0.189 e. The first-order valence-corrected chi connectivity index (χ1v) is 10.8. The highest BCUT2D eigenvalue weighted by Gasteiger charge is 2.12. The van der Waals surface area contributed by atoms with Crippen molar-refractivity contribution in [2.75, 3.05) is 21.3 Å². The third-order valence-corrected chi connectivity index (χ3v) is 5.54. The van der Waals surface area contributed by atoms with Gasteiger partial charge in [-0.1, -0.05) is 23.7 Å². The summed E-state index contributed by atoms with van der Waals surface area (Å²) in [4.78, 5) is 12.8. The highest BCUT2D eigenvalue weighted by Crippen LogP contribution is 2.30. The predicted octanol–water partition coefficient (Wildman–Crippen LogP) is 6.60. The van der Waals surface area contributed by atoms with Gasteiger partial charge in [0.1, 0.15) is 29.6 Å². The standard InChI is InChI=1S/C25H22BrClO5/c1-29-19-7-11-24(31-3)20(14-19)22(28)8-4-16-5-9-23(30-2)17(12-16)15-32-25-10-6-18(27)13-21(25)26/h4-14H,15H2,1-3H3/b8-4+. The Morgan fingerprint density at radius 3 is 2.31 bits per heavy atom. The fourth-order valence-corrected chi connectivity index (χ4v) is 3.83. The number of hydrogen-bond acceptors (Lipinski definition) is 5. The summed E-state index contributed by atoms with van der Waals surface area (Å²) >= 11 is 9.43. The van der Waals surface area contributed by atoms with Crippen LogP contribution in [0, 0.1) is 0 Å². The highest BCUT2D eigenvalue weighted by atomic mass is 79.9. The Balaban J connectivity index is 1.80. The minimum Gasteiger partial charge on any atom is -0.497 e. The van der Waals surface area contributed by atoms with E-state index in [1.807, 2.05) is 18.2 Å². The van der Waals surface area contributed by atoms with E-state index in [0.29, 0.717) is 33.6 Å². The summed E-state index contributed by atoms with van der Waals surface area (Å²) in [5, 5.41) is 0.617. The van der Waals surface area contributed by atoms with Crippen molar-refractivity contribution in [3.05, 3.63) is 86.9 Å². The van der Waals surface area contributed by atoms with Crippen molar-refractivity contribution >= 4 is 39.4 Å². The van der Waals surface area contributed by atoms with E-state index >= 15 is 0 Å². The zero-order valence-electron chi connectivity index (χ0n) is 17.9. The zero-order chi connectivity index (χ0) is 23.1. The van der Waals surface area contributed by atoms with Crippen LogP contribution in [0.3, 0.4) is 0 Å². The van der Waals surface area contributed by atoms with Crippen molar-refractivity contribution in [3.63, 3.8) is 0 Å². The molecule has 0 amide bonds. The maximum atomic E-state index is 12.8. The van der Waals surface area contributed by atoms with E-state index < -0.39 is 0 Å². The van der Waals surface area contributed by atoms with Crippen molar-refractivity contribution in [1.29, 1.82) is 0 Å². The van der Waals surface area contributed by atoms with Gasteiger partial charge < -0.3 is 18.9 Å². The average Bonchev–Trinajstić information content (AvgIpc) is 2.81. The zero-order valence-corrected chi connectivity index (χ0v) is 20.2. The monoisotopic (exact) mass is 516 g/mol. The molecular formula is C25H22BrClO5. The first-order valence-electron chi connectivity index (χ1n) is 9.64. The number of carbonyl (C=O) groups excluding carboxylic acids is 1. The lowest BCUT2D eigenvalue weighted by Gasteiger charge is -2.12. The summed E-state index contributed by atoms with van der Waals surface area (Å²) in [6.07, 6.45) is 3.24. The second-order valence-corrected chi connectivity index (χ2v) is 7.99. The lowest BCUT2D eigenvalue weighted by Crippen LogP contribution is -2.01. The molecule has 0 bridgehead atoms. The van der Waals surface area contributed by atoms with Gasteiger partial charge >= 0.3 is 0 Å². The molecule has 32 heavy (non-hydrogen) atoms. The van der Waals surface area contributed by atoms with Crippen LogP contribution in [0.1, 0.15) is 21.5 Å². The molecule has 0 saturated carbocycles. The van der Waals surface area contributed by atoms with E-state index in [4.69, 9.17) is 30.5 Å². The van der Waals surface area contributed by atoms with Gasteiger partial charge in [0.05, 0.1) is 31.4 Å². The summed E-state index contributed by atoms with van der Waals surface area (Å²) in [6, 6.07) is 16.0. The molecule has 3 aromatic carbocycles. The Bertz CT molecular complexity index is 1140. The second kappa shape index (κ2) is 11.1. The Hall–Kier alpha value is -2.96. The molecule has 0 aromatic heterocycles. The van der Waals surface area contributed by atoms with Crippen molar-refractivity contribution in [2.45, 2.75) is 6.61 Å². The third-order valence-electron chi connectivity index (χ3n) is 4.68. The molecule has 0 atom stereocenters. The lowest BCUT2D eigenvalue weighted by molar-refractivity contribution is 0.104. The average molecular weight is 518 g/mol. The van der Waals surface area contributed by atoms with Crippen molar-refractivity contribution < 1.29 is 23.7 Å². The SMILES string of the molecule is COc1ccc(OC)c(C(=O)/C=C/c2ccc(OC)c(COc3ccc(Cl)cc3Br)c2)c1. The van der Waals surface area contributed by atoms with E-state index in [1.54, 1.807) is 56.7 Å². The molecule has 3 aromatic rings. The van der Waals surface area contributed by atoms with Gasteiger partial charge in [-0.05, 0) is 76.1 Å². The van der Waals surface area contributed by atoms with Gasteiger partial charge in [-0.2, -0.15) is 0 Å². The maximum absolute atomic E-state index is 12.8. The number of methoxy groups -OCH3 is 3. The Kier molecular flexibility index (Phi) is 8.20. The van der Waals surface area contributed by atoms with Crippen molar-refractivity contribution in [1.82, 2.24) is 0 Å². The van der Waals surface area contributed by atoms with Crippen LogP contribution in [-0.2, 0) is 6.61 Å². The molecular weight excluding hydrogens is 496 g/mol. The molecule has 0 spiro atoms. The van der Waals surface area contributed by atoms with Crippen LogP contribution in [0.5, 0.6) is 23.0 Å². The van der Waals surface area contributed by atoms with Crippen LogP contribution in [0.4, 0.5) is 0 Å². The topological polar surface area (TPSA) is 54.0 Å². The van der Waals surface area contributed by atoms with E-state index in [0.717, 1.165) is 15.6 Å². The number of ether oxygens (including phenoxy) is 4. The molecule has 5 nitrogen and oxygen atoms in total. The summed E-state index contributed by atoms with van der Waals surface area (Å²) in [7, 11) is 4.68. The Labute approximate surface area is 200 Å². The predicted molar refractivity (Wildman–Crippen MR) is 129 cm³/mol. The lowest BCUT2D eigenvalue weighted by atomic mass is 10.1. The fraction of sp³-hybridized carbons (Fsp3) is 0.160. The quantitative estimate of drug-likeness (QED) is 0.236. The number of benzene rings is 3. The van der Waals surface area contributed by atoms with Crippen LogP contribution in [0.2, 0.25) is 5.02 Å². The Morgan fingerprint density at radius 1 is 0.906 bits per heavy atom. The summed E-state index contributed by atoms with van der Waals surface area (Å²) < 4.78 is 22.7. The molecule has 0 N–H and O–H groups in total. The van der Waals surface area contributed by atoms with E-state index in [-0.39, 0.29) is 12.4 Å². The number of rotatable bonds is 9. The van der Waals surface area contributed by atoms with Crippen molar-refractivity contribution in [3.8, 4) is 23.0 Å². The molecule has 0 heterocycles. The maximum Gasteiger partial charge on any atom is 0.189 e. The van der Waals surface area contributed by atoms with Gasteiger partial charge in [0, 0.05) is 10.6 Å². The molecule has 7 heteroatoms. The van der Waals surface area contributed by atoms with Crippen LogP contribution in [0.25, 0.3) is 6.08 Å². The third kappa shape index (κ3) is 5.84. The van der Waals surface area contributed by atoms with Gasteiger partial charge in [-0.15, -0.1) is 0 Å². The molecule has 0 saturated heterocycles. The van der Waals surface area contributed by atoms with Crippen LogP contribution < -0.4 is 18.9 Å². The largest absolute Gasteiger partial charge is 0.497 e. The second-order valence-electron chi connectivity index (χ2n) is 6.70. The number of halogens is 2. The number of ketones is 1. The van der Waals surface area contributed by atoms with Gasteiger partial charge in [0.2, 0.25) is 0 Å². The van der Waals surface area contributed by atoms with Gasteiger partial charge in [-0.25, -0.2) is 0 Å². The minimum atomic E-state index is -0.195. The Morgan fingerprint density at radius 2 is 1.62 bits per heavy atom. The fourth-order valence-electron chi connectivity index (χ4n) is 3.03. The van der Waals surface area contributed by atoms with Gasteiger partial charge in [0.15, 0.2) is 5.78 Å². The van der Waals surface area contributed by atoms with Crippen LogP contribution in [0.15, 0.2) is 65.1 Å². The van der Waals surface area contributed by atoms with Gasteiger partial charge in [0.25, 0.3) is 0 Å². The van der Waals surface area contributed by atoms with Crippen molar-refractivity contribution in [2.24, 2.45) is 0 Å². The van der Waals surface area contributed by atoms with E-state index in [2.05, 4.69) is 15.9 Å². The molecule has 166 valence electrons. The molecule has 0 aliphatic heterocycles. The van der Waals surface area contributed by atoms with E-state index in [9.17, 15) is 4.79 Å². The minimum absolute atomic E-state index is 0.195. The molecule has 3 rings (SSSR count). The summed E-state index contributed by atoms with van der Waals surface area (Å²) in [5.74, 6) is 2.22. The summed E-state index contributed by atoms with van der Waals surface area (Å²) in [6.45, 7) is 0.280. The molecule has 0 aliphatic rings. The van der Waals surface area contributed by atoms with E-state index in [1.165, 1.54) is 13.2 Å².